The van der Waals surface area contributed by atoms with E-state index in [1.807, 2.05) is 42.2 Å². The number of nitrogens with zero attached hydrogens (tertiary/aromatic N) is 2. The second-order valence-corrected chi connectivity index (χ2v) is 7.59. The van der Waals surface area contributed by atoms with Crippen molar-refractivity contribution in [2.75, 3.05) is 11.5 Å². The summed E-state index contributed by atoms with van der Waals surface area (Å²) >= 11 is 0. The third-order valence-electron chi connectivity index (χ3n) is 5.30. The van der Waals surface area contributed by atoms with Crippen LogP contribution in [-0.4, -0.2) is 18.7 Å². The number of fused-ring (bicyclic) bond motifs is 1. The summed E-state index contributed by atoms with van der Waals surface area (Å²) in [5, 5.41) is 4.00. The molecule has 8 heteroatoms. The van der Waals surface area contributed by atoms with Crippen molar-refractivity contribution in [1.82, 2.24) is 5.43 Å². The summed E-state index contributed by atoms with van der Waals surface area (Å²) in [6.07, 6.45) is -2.85. The van der Waals surface area contributed by atoms with E-state index in [1.54, 1.807) is 18.2 Å². The van der Waals surface area contributed by atoms with Crippen molar-refractivity contribution in [3.05, 3.63) is 94.5 Å². The van der Waals surface area contributed by atoms with Crippen LogP contribution in [0.15, 0.2) is 71.8 Å². The fraction of sp³-hybridized carbons (Fsp3) is 0.200. The van der Waals surface area contributed by atoms with E-state index in [0.717, 1.165) is 34.6 Å². The van der Waals surface area contributed by atoms with Crippen molar-refractivity contribution >= 4 is 17.8 Å². The molecule has 1 heterocycles. The SMILES string of the molecule is CCOc1ccc(/C=N/NC(=O)c2ccc3c(c2)CN(c2cccc(C(F)(F)F)c2)C3)cc1. The first-order valence-electron chi connectivity index (χ1n) is 10.4. The first kappa shape index (κ1) is 22.4. The third-order valence-corrected chi connectivity index (χ3v) is 5.30. The molecule has 0 saturated heterocycles. The molecule has 1 amide bonds. The average Bonchev–Trinajstić information content (AvgIpc) is 3.23. The molecule has 5 nitrogen and oxygen atoms in total. The highest BCUT2D eigenvalue weighted by Crippen LogP contribution is 2.34. The number of rotatable bonds is 6. The zero-order valence-electron chi connectivity index (χ0n) is 17.9. The second kappa shape index (κ2) is 9.36. The number of amides is 1. The number of carbonyl (C=O) groups excluding carboxylic acids is 1. The molecule has 0 unspecified atom stereocenters. The molecule has 0 atom stereocenters. The first-order chi connectivity index (χ1) is 15.8. The van der Waals surface area contributed by atoms with Crippen molar-refractivity contribution in [1.29, 1.82) is 0 Å². The topological polar surface area (TPSA) is 53.9 Å². The Morgan fingerprint density at radius 2 is 1.82 bits per heavy atom. The van der Waals surface area contributed by atoms with Crippen LogP contribution in [0.2, 0.25) is 0 Å². The molecule has 1 aliphatic heterocycles. The summed E-state index contributed by atoms with van der Waals surface area (Å²) in [6, 6.07) is 17.9. The van der Waals surface area contributed by atoms with Crippen molar-refractivity contribution in [3.63, 3.8) is 0 Å². The molecular weight excluding hydrogens is 431 g/mol. The summed E-state index contributed by atoms with van der Waals surface area (Å²) in [7, 11) is 0. The van der Waals surface area contributed by atoms with Gasteiger partial charge in [0.15, 0.2) is 0 Å². The molecule has 1 N–H and O–H groups in total. The number of alkyl halides is 3. The second-order valence-electron chi connectivity index (χ2n) is 7.59. The lowest BCUT2D eigenvalue weighted by molar-refractivity contribution is -0.137. The summed E-state index contributed by atoms with van der Waals surface area (Å²) in [4.78, 5) is 14.3. The van der Waals surface area contributed by atoms with Gasteiger partial charge in [0.2, 0.25) is 0 Å². The average molecular weight is 453 g/mol. The molecule has 0 aliphatic carbocycles. The van der Waals surface area contributed by atoms with E-state index < -0.39 is 11.7 Å². The number of hydrogen-bond donors (Lipinski definition) is 1. The van der Waals surface area contributed by atoms with Gasteiger partial charge in [0.1, 0.15) is 5.75 Å². The number of nitrogens with one attached hydrogen (secondary N) is 1. The van der Waals surface area contributed by atoms with Gasteiger partial charge in [0.05, 0.1) is 18.4 Å². The number of carbonyl (C=O) groups is 1. The van der Waals surface area contributed by atoms with Crippen molar-refractivity contribution in [2.24, 2.45) is 5.10 Å². The highest BCUT2D eigenvalue weighted by atomic mass is 19.4. The van der Waals surface area contributed by atoms with Gasteiger partial charge < -0.3 is 9.64 Å². The predicted molar refractivity (Wildman–Crippen MR) is 120 cm³/mol. The van der Waals surface area contributed by atoms with Gasteiger partial charge in [-0.2, -0.15) is 18.3 Å². The molecule has 0 radical (unpaired) electrons. The number of halogens is 3. The fourth-order valence-electron chi connectivity index (χ4n) is 3.64. The lowest BCUT2D eigenvalue weighted by atomic mass is 10.1. The van der Waals surface area contributed by atoms with Crippen LogP contribution in [0, 0.1) is 0 Å². The number of benzene rings is 3. The van der Waals surface area contributed by atoms with Crippen LogP contribution >= 0.6 is 0 Å². The summed E-state index contributed by atoms with van der Waals surface area (Å²) in [5.41, 5.74) is 5.44. The molecule has 3 aromatic carbocycles. The van der Waals surface area contributed by atoms with Gasteiger partial charge in [0, 0.05) is 24.3 Å². The molecular formula is C25H22F3N3O2. The molecule has 0 aromatic heterocycles. The Morgan fingerprint density at radius 1 is 1.06 bits per heavy atom. The Labute approximate surface area is 189 Å². The van der Waals surface area contributed by atoms with E-state index >= 15 is 0 Å². The van der Waals surface area contributed by atoms with Crippen molar-refractivity contribution < 1.29 is 22.7 Å². The smallest absolute Gasteiger partial charge is 0.416 e. The zero-order chi connectivity index (χ0) is 23.4. The van der Waals surface area contributed by atoms with Crippen LogP contribution in [0.25, 0.3) is 0 Å². The zero-order valence-corrected chi connectivity index (χ0v) is 17.9. The molecule has 0 spiro atoms. The predicted octanol–water partition coefficient (Wildman–Crippen LogP) is 5.39. The van der Waals surface area contributed by atoms with Crippen LogP contribution in [-0.2, 0) is 19.3 Å². The fourth-order valence-corrected chi connectivity index (χ4v) is 3.64. The lowest BCUT2D eigenvalue weighted by Crippen LogP contribution is -2.18. The van der Waals surface area contributed by atoms with E-state index in [4.69, 9.17) is 4.74 Å². The van der Waals surface area contributed by atoms with E-state index in [9.17, 15) is 18.0 Å². The number of anilines is 1. The maximum atomic E-state index is 13.0. The summed E-state index contributed by atoms with van der Waals surface area (Å²) in [6.45, 7) is 3.40. The highest BCUT2D eigenvalue weighted by Gasteiger charge is 2.31. The van der Waals surface area contributed by atoms with Gasteiger partial charge in [-0.1, -0.05) is 12.1 Å². The maximum Gasteiger partial charge on any atom is 0.416 e. The Bertz CT molecular complexity index is 1170. The van der Waals surface area contributed by atoms with Crippen molar-refractivity contribution in [2.45, 2.75) is 26.2 Å². The number of ether oxygens (including phenoxy) is 1. The standard InChI is InChI=1S/C25H22F3N3O2/c1-2-33-23-10-6-17(7-11-23)14-29-30-24(32)18-8-9-19-15-31(16-20(19)12-18)22-5-3-4-21(13-22)25(26,27)28/h3-14H,2,15-16H2,1H3,(H,30,32)/b29-14+. The third kappa shape index (κ3) is 5.34. The molecule has 33 heavy (non-hydrogen) atoms. The van der Waals surface area contributed by atoms with Crippen LogP contribution in [0.3, 0.4) is 0 Å². The Kier molecular flexibility index (Phi) is 6.35. The Hall–Kier alpha value is -3.81. The lowest BCUT2D eigenvalue weighted by Gasteiger charge is -2.19. The maximum absolute atomic E-state index is 13.0. The van der Waals surface area contributed by atoms with E-state index in [0.29, 0.717) is 30.9 Å². The molecule has 170 valence electrons. The molecule has 1 aliphatic rings. The Balaban J connectivity index is 1.40. The van der Waals surface area contributed by atoms with Crippen molar-refractivity contribution in [3.8, 4) is 5.75 Å². The normalized spacial score (nSPS) is 13.3. The quantitative estimate of drug-likeness (QED) is 0.402. The summed E-state index contributed by atoms with van der Waals surface area (Å²) in [5.74, 6) is 0.397. The van der Waals surface area contributed by atoms with E-state index in [-0.39, 0.29) is 5.91 Å². The summed E-state index contributed by atoms with van der Waals surface area (Å²) < 4.78 is 44.5. The van der Waals surface area contributed by atoms with Gasteiger partial charge in [-0.15, -0.1) is 0 Å². The van der Waals surface area contributed by atoms with Crippen LogP contribution in [0.5, 0.6) is 5.75 Å². The molecule has 0 saturated carbocycles. The monoisotopic (exact) mass is 453 g/mol. The van der Waals surface area contributed by atoms with Gasteiger partial charge in [-0.05, 0) is 78.2 Å². The number of hydrazone groups is 1. The molecule has 4 rings (SSSR count). The van der Waals surface area contributed by atoms with Gasteiger partial charge >= 0.3 is 6.18 Å². The van der Waals surface area contributed by atoms with Gasteiger partial charge in [-0.25, -0.2) is 5.43 Å². The van der Waals surface area contributed by atoms with Crippen LogP contribution in [0.4, 0.5) is 18.9 Å². The largest absolute Gasteiger partial charge is 0.494 e. The van der Waals surface area contributed by atoms with Gasteiger partial charge in [-0.3, -0.25) is 4.79 Å². The van der Waals surface area contributed by atoms with E-state index in [1.165, 1.54) is 12.3 Å². The van der Waals surface area contributed by atoms with E-state index in [2.05, 4.69) is 10.5 Å². The molecule has 3 aromatic rings. The molecule has 0 bridgehead atoms. The molecule has 0 fully saturated rings. The van der Waals surface area contributed by atoms with Gasteiger partial charge in [0.25, 0.3) is 5.91 Å². The van der Waals surface area contributed by atoms with Crippen LogP contribution in [0.1, 0.15) is 39.5 Å². The first-order valence-corrected chi connectivity index (χ1v) is 10.4. The minimum Gasteiger partial charge on any atom is -0.494 e. The highest BCUT2D eigenvalue weighted by molar-refractivity contribution is 5.95. The minimum atomic E-state index is -4.39. The number of hydrogen-bond acceptors (Lipinski definition) is 4. The van der Waals surface area contributed by atoms with Crippen LogP contribution < -0.4 is 15.1 Å². The Morgan fingerprint density at radius 3 is 2.55 bits per heavy atom. The minimum absolute atomic E-state index is 0.363.